The molecule has 4 aromatic rings. The second kappa shape index (κ2) is 6.96. The molecule has 0 bridgehead atoms. The van der Waals surface area contributed by atoms with Crippen LogP contribution in [0.15, 0.2) is 72.8 Å². The molecular weight excluding hydrogens is 346 g/mol. The summed E-state index contributed by atoms with van der Waals surface area (Å²) in [6, 6.07) is 26.7. The molecule has 129 valence electrons. The molecule has 4 heteroatoms. The molecule has 1 aromatic heterocycles. The summed E-state index contributed by atoms with van der Waals surface area (Å²) < 4.78 is 1.89. The zero-order valence-electron chi connectivity index (χ0n) is 13.9. The van der Waals surface area contributed by atoms with Gasteiger partial charge in [-0.3, -0.25) is 0 Å². The minimum atomic E-state index is -1.58. The average Bonchev–Trinajstić information content (AvgIpc) is 3.01. The van der Waals surface area contributed by atoms with Gasteiger partial charge in [0.05, 0.1) is 5.69 Å². The fourth-order valence-electron chi connectivity index (χ4n) is 3.17. The zero-order chi connectivity index (χ0) is 18.1. The third-order valence-electron chi connectivity index (χ3n) is 4.45. The maximum atomic E-state index is 9.79. The van der Waals surface area contributed by atoms with Crippen molar-refractivity contribution in [3.8, 4) is 11.1 Å². The van der Waals surface area contributed by atoms with Gasteiger partial charge in [-0.1, -0.05) is 60.1 Å². The average molecular weight is 363 g/mol. The predicted octanol–water partition coefficient (Wildman–Crippen LogP) is 4.79. The van der Waals surface area contributed by atoms with Crippen molar-refractivity contribution in [2.45, 2.75) is 12.8 Å². The summed E-state index contributed by atoms with van der Waals surface area (Å²) in [5.41, 5.74) is 4.43. The Morgan fingerprint density at radius 1 is 0.885 bits per heavy atom. The first-order valence-corrected chi connectivity index (χ1v) is 8.71. The van der Waals surface area contributed by atoms with Crippen LogP contribution in [-0.4, -0.2) is 14.8 Å². The molecule has 0 atom stereocenters. The Morgan fingerprint density at radius 3 is 2.27 bits per heavy atom. The third kappa shape index (κ3) is 3.25. The Bertz CT molecular complexity index is 1040. The van der Waals surface area contributed by atoms with E-state index >= 15 is 0 Å². The number of aliphatic hydroxyl groups is 2. The normalized spacial score (nSPS) is 11.4. The lowest BCUT2D eigenvalue weighted by Crippen LogP contribution is -2.08. The van der Waals surface area contributed by atoms with Crippen LogP contribution in [-0.2, 0) is 6.54 Å². The van der Waals surface area contributed by atoms with Crippen molar-refractivity contribution >= 4 is 22.5 Å². The summed E-state index contributed by atoms with van der Waals surface area (Å²) in [7, 11) is 0. The van der Waals surface area contributed by atoms with Gasteiger partial charge in [0, 0.05) is 28.5 Å². The molecule has 0 amide bonds. The molecule has 1 radical (unpaired) electrons. The molecule has 3 nitrogen and oxygen atoms in total. The highest BCUT2D eigenvalue weighted by atomic mass is 35.5. The van der Waals surface area contributed by atoms with Gasteiger partial charge in [-0.05, 0) is 41.0 Å². The third-order valence-corrected chi connectivity index (χ3v) is 4.70. The molecule has 0 aliphatic carbocycles. The second-order valence-electron chi connectivity index (χ2n) is 6.19. The summed E-state index contributed by atoms with van der Waals surface area (Å²) in [6.07, 6.45) is -1.58. The minimum absolute atomic E-state index is 0.358. The first kappa shape index (κ1) is 16.9. The monoisotopic (exact) mass is 362 g/mol. The largest absolute Gasteiger partial charge is 0.363 e. The number of benzene rings is 3. The van der Waals surface area contributed by atoms with E-state index in [1.54, 1.807) is 0 Å². The first-order chi connectivity index (χ1) is 12.6. The molecular formula is C22H17ClNO2. The number of hydrogen-bond acceptors (Lipinski definition) is 2. The Morgan fingerprint density at radius 2 is 1.58 bits per heavy atom. The van der Waals surface area contributed by atoms with Gasteiger partial charge in [-0.2, -0.15) is 0 Å². The second-order valence-corrected chi connectivity index (χ2v) is 6.63. The minimum Gasteiger partial charge on any atom is -0.363 e. The van der Waals surface area contributed by atoms with Crippen molar-refractivity contribution in [1.82, 2.24) is 4.57 Å². The first-order valence-electron chi connectivity index (χ1n) is 8.33. The molecule has 0 unspecified atom stereocenters. The van der Waals surface area contributed by atoms with E-state index in [1.165, 1.54) is 0 Å². The van der Waals surface area contributed by atoms with Gasteiger partial charge >= 0.3 is 0 Å². The van der Waals surface area contributed by atoms with Gasteiger partial charge in [-0.25, -0.2) is 0 Å². The molecule has 4 rings (SSSR count). The number of aliphatic hydroxyl groups excluding tert-OH is 1. The fraction of sp³-hybridized carbons (Fsp3) is 0.0909. The molecule has 0 saturated heterocycles. The lowest BCUT2D eigenvalue weighted by atomic mass is 10.0. The van der Waals surface area contributed by atoms with Crippen molar-refractivity contribution in [3.63, 3.8) is 0 Å². The van der Waals surface area contributed by atoms with E-state index in [1.807, 2.05) is 77.4 Å². The van der Waals surface area contributed by atoms with Crippen LogP contribution < -0.4 is 0 Å². The van der Waals surface area contributed by atoms with Crippen LogP contribution in [0.5, 0.6) is 0 Å². The van der Waals surface area contributed by atoms with Crippen molar-refractivity contribution in [1.29, 1.82) is 0 Å². The number of fused-ring (bicyclic) bond motifs is 1. The van der Waals surface area contributed by atoms with Crippen LogP contribution in [0.1, 0.15) is 17.5 Å². The van der Waals surface area contributed by atoms with Crippen LogP contribution in [0.4, 0.5) is 0 Å². The standard InChI is InChI=1S/C22H17ClNO2/c23-19-9-6-16(7-10-19)17-8-11-20-18(12-17)13-21(22(25)26)24(20)14-15-4-2-1-3-5-15/h1-12,22,25-26H,14H2. The summed E-state index contributed by atoms with van der Waals surface area (Å²) in [5, 5.41) is 21.1. The summed E-state index contributed by atoms with van der Waals surface area (Å²) in [4.78, 5) is 0. The van der Waals surface area contributed by atoms with Gasteiger partial charge in [-0.15, -0.1) is 0 Å². The van der Waals surface area contributed by atoms with Crippen molar-refractivity contribution in [2.75, 3.05) is 0 Å². The maximum Gasteiger partial charge on any atom is 0.194 e. The highest BCUT2D eigenvalue weighted by molar-refractivity contribution is 6.30. The van der Waals surface area contributed by atoms with Crippen molar-refractivity contribution < 1.29 is 10.2 Å². The van der Waals surface area contributed by atoms with Gasteiger partial charge in [0.15, 0.2) is 6.29 Å². The van der Waals surface area contributed by atoms with E-state index in [-0.39, 0.29) is 0 Å². The van der Waals surface area contributed by atoms with Crippen LogP contribution in [0.3, 0.4) is 0 Å². The molecule has 2 N–H and O–H groups in total. The fourth-order valence-corrected chi connectivity index (χ4v) is 3.29. The van der Waals surface area contributed by atoms with E-state index in [0.717, 1.165) is 27.6 Å². The van der Waals surface area contributed by atoms with Gasteiger partial charge < -0.3 is 14.8 Å². The summed E-state index contributed by atoms with van der Waals surface area (Å²) in [5.74, 6) is 0. The maximum absolute atomic E-state index is 9.79. The van der Waals surface area contributed by atoms with Gasteiger partial charge in [0.25, 0.3) is 0 Å². The van der Waals surface area contributed by atoms with E-state index in [2.05, 4.69) is 6.07 Å². The molecule has 26 heavy (non-hydrogen) atoms. The van der Waals surface area contributed by atoms with Gasteiger partial charge in [0.1, 0.15) is 0 Å². The van der Waals surface area contributed by atoms with Crippen LogP contribution in [0.2, 0.25) is 5.02 Å². The number of rotatable bonds is 4. The van der Waals surface area contributed by atoms with E-state index in [4.69, 9.17) is 11.6 Å². The van der Waals surface area contributed by atoms with E-state index < -0.39 is 6.29 Å². The molecule has 0 fully saturated rings. The van der Waals surface area contributed by atoms with E-state index in [9.17, 15) is 10.2 Å². The summed E-state index contributed by atoms with van der Waals surface area (Å²) >= 11 is 5.97. The van der Waals surface area contributed by atoms with Crippen LogP contribution >= 0.6 is 11.6 Å². The Balaban J connectivity index is 1.81. The number of nitrogens with zero attached hydrogens (tertiary/aromatic N) is 1. The number of halogens is 1. The lowest BCUT2D eigenvalue weighted by Gasteiger charge is -2.12. The molecule has 3 aromatic carbocycles. The Hall–Kier alpha value is -2.59. The SMILES string of the molecule is OC(O)c1[c]c2cc(-c3ccc(Cl)cc3)ccc2n1Cc1ccccc1. The molecule has 0 saturated carbocycles. The smallest absolute Gasteiger partial charge is 0.194 e. The van der Waals surface area contributed by atoms with Crippen LogP contribution in [0, 0.1) is 6.07 Å². The molecule has 0 spiro atoms. The Labute approximate surface area is 156 Å². The summed E-state index contributed by atoms with van der Waals surface area (Å²) in [6.45, 7) is 0.550. The van der Waals surface area contributed by atoms with Crippen molar-refractivity contribution in [3.05, 3.63) is 95.1 Å². The van der Waals surface area contributed by atoms with Gasteiger partial charge in [0.2, 0.25) is 0 Å². The number of aromatic nitrogens is 1. The quantitative estimate of drug-likeness (QED) is 0.512. The molecule has 1 heterocycles. The van der Waals surface area contributed by atoms with Crippen LogP contribution in [0.25, 0.3) is 22.0 Å². The van der Waals surface area contributed by atoms with Crippen molar-refractivity contribution in [2.24, 2.45) is 0 Å². The highest BCUT2D eigenvalue weighted by Crippen LogP contribution is 2.29. The lowest BCUT2D eigenvalue weighted by molar-refractivity contribution is -0.0480. The molecule has 0 aliphatic rings. The highest BCUT2D eigenvalue weighted by Gasteiger charge is 2.15. The molecule has 0 aliphatic heterocycles. The topological polar surface area (TPSA) is 45.4 Å². The zero-order valence-corrected chi connectivity index (χ0v) is 14.7. The number of hydrogen-bond donors (Lipinski definition) is 2. The van der Waals surface area contributed by atoms with E-state index in [0.29, 0.717) is 17.3 Å². The predicted molar refractivity (Wildman–Crippen MR) is 104 cm³/mol. The Kier molecular flexibility index (Phi) is 4.51.